The van der Waals surface area contributed by atoms with Gasteiger partial charge in [0.25, 0.3) is 10.0 Å². The van der Waals surface area contributed by atoms with Gasteiger partial charge in [-0.3, -0.25) is 0 Å². The van der Waals surface area contributed by atoms with Crippen molar-refractivity contribution in [3.8, 4) is 5.69 Å². The Morgan fingerprint density at radius 2 is 1.25 bits per heavy atom. The monoisotopic (exact) mass is 494 g/mol. The maximum absolute atomic E-state index is 14.0. The third-order valence-electron chi connectivity index (χ3n) is 6.46. The summed E-state index contributed by atoms with van der Waals surface area (Å²) in [5, 5.41) is 1.10. The number of aromatic nitrogens is 2. The highest BCUT2D eigenvalue weighted by Crippen LogP contribution is 2.36. The molecule has 0 aliphatic heterocycles. The number of fused-ring (bicyclic) bond motifs is 6. The minimum atomic E-state index is -4.04. The molecule has 0 saturated heterocycles. The maximum Gasteiger partial charge on any atom is 0.268 e. The zero-order valence-electron chi connectivity index (χ0n) is 27.0. The van der Waals surface area contributed by atoms with E-state index < -0.39 is 58.4 Å². The van der Waals surface area contributed by atoms with Crippen LogP contribution in [0.5, 0.6) is 0 Å². The lowest BCUT2D eigenvalue weighted by Crippen LogP contribution is -2.12. The van der Waals surface area contributed by atoms with E-state index in [1.165, 1.54) is 8.54 Å². The fourth-order valence-electron chi connectivity index (χ4n) is 4.82. The van der Waals surface area contributed by atoms with E-state index in [1.54, 1.807) is 66.7 Å². The summed E-state index contributed by atoms with van der Waals surface area (Å²) in [6.07, 6.45) is 0. The molecule has 0 saturated carbocycles. The van der Waals surface area contributed by atoms with Crippen LogP contribution in [0.2, 0.25) is 0 Å². The van der Waals surface area contributed by atoms with Crippen molar-refractivity contribution >= 4 is 53.6 Å². The number of para-hydroxylation sites is 3. The van der Waals surface area contributed by atoms with E-state index in [4.69, 9.17) is 11.0 Å². The molecule has 7 aromatic rings. The molecular formula is C31H22N2O2S. The van der Waals surface area contributed by atoms with Crippen molar-refractivity contribution in [3.05, 3.63) is 121 Å². The molecule has 0 atom stereocenters. The Morgan fingerprint density at radius 1 is 0.639 bits per heavy atom. The van der Waals surface area contributed by atoms with E-state index in [9.17, 15) is 8.42 Å². The van der Waals surface area contributed by atoms with Crippen molar-refractivity contribution in [2.45, 2.75) is 11.8 Å². The molecule has 0 spiro atoms. The second-order valence-corrected chi connectivity index (χ2v) is 10.4. The number of aryl methyl sites for hydroxylation is 1. The molecule has 36 heavy (non-hydrogen) atoms. The molecule has 0 aliphatic carbocycles. The topological polar surface area (TPSA) is 44.0 Å². The van der Waals surface area contributed by atoms with Gasteiger partial charge >= 0.3 is 0 Å². The van der Waals surface area contributed by atoms with Gasteiger partial charge in [0.2, 0.25) is 0 Å². The van der Waals surface area contributed by atoms with Crippen molar-refractivity contribution in [1.82, 2.24) is 8.54 Å². The van der Waals surface area contributed by atoms with Crippen LogP contribution in [-0.4, -0.2) is 17.0 Å². The Labute approximate surface area is 219 Å². The lowest BCUT2D eigenvalue weighted by atomic mass is 10.1. The molecule has 4 nitrogen and oxygen atoms in total. The van der Waals surface area contributed by atoms with Crippen LogP contribution in [0, 0.1) is 6.92 Å². The predicted molar refractivity (Wildman–Crippen MR) is 148 cm³/mol. The number of rotatable bonds is 3. The van der Waals surface area contributed by atoms with Crippen molar-refractivity contribution < 1.29 is 19.4 Å². The van der Waals surface area contributed by atoms with Crippen molar-refractivity contribution in [2.24, 2.45) is 0 Å². The normalized spacial score (nSPS) is 15.4. The quantitative estimate of drug-likeness (QED) is 0.256. The number of benzene rings is 5. The van der Waals surface area contributed by atoms with Crippen molar-refractivity contribution in [2.75, 3.05) is 0 Å². The molecule has 5 heteroatoms. The van der Waals surface area contributed by atoms with Gasteiger partial charge in [-0.1, -0.05) is 72.1 Å². The Morgan fingerprint density at radius 3 is 1.94 bits per heavy atom. The zero-order chi connectivity index (χ0) is 31.4. The highest BCUT2D eigenvalue weighted by Gasteiger charge is 2.23. The molecule has 0 N–H and O–H groups in total. The van der Waals surface area contributed by atoms with Crippen LogP contribution in [0.15, 0.2) is 120 Å². The summed E-state index contributed by atoms with van der Waals surface area (Å²) in [7, 11) is -4.04. The van der Waals surface area contributed by atoms with E-state index in [0.717, 1.165) is 5.56 Å². The largest absolute Gasteiger partial charge is 0.309 e. The molecule has 0 amide bonds. The van der Waals surface area contributed by atoms with Crippen LogP contribution in [0.1, 0.15) is 16.5 Å². The zero-order valence-corrected chi connectivity index (χ0v) is 19.8. The first-order valence-electron chi connectivity index (χ1n) is 15.2. The van der Waals surface area contributed by atoms with Crippen molar-refractivity contribution in [3.63, 3.8) is 0 Å². The first-order valence-corrected chi connectivity index (χ1v) is 12.7. The first kappa shape index (κ1) is 14.3. The fraction of sp³-hybridized carbons (Fsp3) is 0.0323. The van der Waals surface area contributed by atoms with E-state index in [0.29, 0.717) is 27.5 Å². The van der Waals surface area contributed by atoms with Gasteiger partial charge < -0.3 is 4.57 Å². The Bertz CT molecular complexity index is 2420. The molecule has 2 heterocycles. The van der Waals surface area contributed by atoms with E-state index in [1.807, 2.05) is 6.92 Å². The third-order valence-corrected chi connectivity index (χ3v) is 8.20. The van der Waals surface area contributed by atoms with Gasteiger partial charge in [-0.05, 0) is 55.4 Å². The molecule has 0 fully saturated rings. The van der Waals surface area contributed by atoms with Crippen LogP contribution in [0.4, 0.5) is 0 Å². The van der Waals surface area contributed by atoms with E-state index in [-0.39, 0.29) is 26.7 Å². The van der Waals surface area contributed by atoms with E-state index >= 15 is 0 Å². The lowest BCUT2D eigenvalue weighted by Gasteiger charge is -2.11. The molecule has 0 aliphatic rings. The third kappa shape index (κ3) is 2.90. The van der Waals surface area contributed by atoms with Gasteiger partial charge in [0, 0.05) is 27.2 Å². The molecule has 0 radical (unpaired) electrons. The standard InChI is InChI=1S/C31H22N2O2S/c1-21-14-17-23(18-15-21)36(34,35)33-30-13-7-4-10-26(30)27-20-22(16-19-31(27)33)32-28-11-5-2-8-24(28)25-9-3-6-12-29(25)32/h2-20H,1H3/i2D,3D,5D,6D,8D,9D,11D,12D. The van der Waals surface area contributed by atoms with Gasteiger partial charge in [0.05, 0.1) is 37.9 Å². The second kappa shape index (κ2) is 7.57. The summed E-state index contributed by atoms with van der Waals surface area (Å²) in [6, 6.07) is 14.7. The molecule has 7 rings (SSSR count). The highest BCUT2D eigenvalue weighted by atomic mass is 32.2. The van der Waals surface area contributed by atoms with Crippen molar-refractivity contribution in [1.29, 1.82) is 0 Å². The van der Waals surface area contributed by atoms with Crippen LogP contribution < -0.4 is 0 Å². The number of hydrogen-bond acceptors (Lipinski definition) is 2. The van der Waals surface area contributed by atoms with Gasteiger partial charge in [-0.15, -0.1) is 0 Å². The summed E-state index contributed by atoms with van der Waals surface area (Å²) in [4.78, 5) is 0.115. The smallest absolute Gasteiger partial charge is 0.268 e. The van der Waals surface area contributed by atoms with Gasteiger partial charge in [0.15, 0.2) is 0 Å². The summed E-state index contributed by atoms with van der Waals surface area (Å²) >= 11 is 0. The van der Waals surface area contributed by atoms with Crippen LogP contribution in [0.3, 0.4) is 0 Å². The Kier molecular flexibility index (Phi) is 3.00. The van der Waals surface area contributed by atoms with Crippen LogP contribution in [0.25, 0.3) is 49.3 Å². The summed E-state index contributed by atoms with van der Waals surface area (Å²) < 4.78 is 98.8. The Hall–Kier alpha value is -4.35. The highest BCUT2D eigenvalue weighted by molar-refractivity contribution is 7.90. The van der Waals surface area contributed by atoms with Gasteiger partial charge in [-0.25, -0.2) is 12.4 Å². The van der Waals surface area contributed by atoms with E-state index in [2.05, 4.69) is 0 Å². The molecule has 0 bridgehead atoms. The Balaban J connectivity index is 1.64. The van der Waals surface area contributed by atoms with Crippen LogP contribution in [-0.2, 0) is 10.0 Å². The summed E-state index contributed by atoms with van der Waals surface area (Å²) in [5.41, 5.74) is 2.05. The molecule has 5 aromatic carbocycles. The summed E-state index contributed by atoms with van der Waals surface area (Å²) in [6.45, 7) is 1.87. The lowest BCUT2D eigenvalue weighted by molar-refractivity contribution is 0.590. The minimum absolute atomic E-state index is 0.00614. The molecular weight excluding hydrogens is 464 g/mol. The SMILES string of the molecule is [2H]c1c([2H])c([2H])c2c(c1[2H])c1c([2H])c([2H])c([2H])c([2H])c1n2-c1ccc2c(c1)c1ccccc1n2S(=O)(=O)c1ccc(C)cc1. The summed E-state index contributed by atoms with van der Waals surface area (Å²) in [5.74, 6) is 0. The van der Waals surface area contributed by atoms with Gasteiger partial charge in [-0.2, -0.15) is 0 Å². The minimum Gasteiger partial charge on any atom is -0.309 e. The average molecular weight is 495 g/mol. The molecule has 174 valence electrons. The number of nitrogens with zero attached hydrogens (tertiary/aromatic N) is 2. The second-order valence-electron chi connectivity index (χ2n) is 8.58. The number of hydrogen-bond donors (Lipinski definition) is 0. The average Bonchev–Trinajstić information content (AvgIpc) is 3.55. The van der Waals surface area contributed by atoms with Crippen LogP contribution >= 0.6 is 0 Å². The molecule has 2 aromatic heterocycles. The molecule has 0 unspecified atom stereocenters. The predicted octanol–water partition coefficient (Wildman–Crippen LogP) is 7.44. The first-order chi connectivity index (χ1) is 20.9. The van der Waals surface area contributed by atoms with Gasteiger partial charge in [0.1, 0.15) is 0 Å². The fourth-order valence-corrected chi connectivity index (χ4v) is 6.34. The maximum atomic E-state index is 14.0.